The molecule has 1 aromatic rings. The zero-order valence-corrected chi connectivity index (χ0v) is 9.69. The molecule has 1 aromatic heterocycles. The molecule has 92 valence electrons. The molecule has 0 unspecified atom stereocenters. The lowest BCUT2D eigenvalue weighted by molar-refractivity contribution is -0.130. The van der Waals surface area contributed by atoms with Gasteiger partial charge in [0.25, 0.3) is 0 Å². The van der Waals surface area contributed by atoms with Gasteiger partial charge in [-0.05, 0) is 18.4 Å². The number of carbonyl (C=O) groups is 1. The Bertz CT molecular complexity index is 475. The highest BCUT2D eigenvalue weighted by atomic mass is 16.5. The summed E-state index contributed by atoms with van der Waals surface area (Å²) in [7, 11) is 5.39. The van der Waals surface area contributed by atoms with Crippen molar-refractivity contribution in [1.82, 2.24) is 15.0 Å². The summed E-state index contributed by atoms with van der Waals surface area (Å²) in [5.74, 6) is 0.504. The molecular formula is C9H11BN6O2. The molecule has 9 heteroatoms. The van der Waals surface area contributed by atoms with Gasteiger partial charge in [-0.15, -0.1) is 0 Å². The summed E-state index contributed by atoms with van der Waals surface area (Å²) in [6.45, 7) is 1.05. The first-order valence-corrected chi connectivity index (χ1v) is 5.58. The predicted molar refractivity (Wildman–Crippen MR) is 62.3 cm³/mol. The maximum absolute atomic E-state index is 11.6. The number of hydrogen-bond donors (Lipinski definition) is 0. The van der Waals surface area contributed by atoms with Crippen LogP contribution in [0, 0.1) is 0 Å². The van der Waals surface area contributed by atoms with Gasteiger partial charge in [0.1, 0.15) is 12.3 Å². The molecule has 0 aliphatic carbocycles. The van der Waals surface area contributed by atoms with Crippen molar-refractivity contribution in [2.24, 2.45) is 5.11 Å². The molecule has 1 amide bonds. The number of hydrogen-bond acceptors (Lipinski definition) is 5. The van der Waals surface area contributed by atoms with Crippen molar-refractivity contribution < 1.29 is 9.32 Å². The lowest BCUT2D eigenvalue weighted by Crippen LogP contribution is -2.39. The molecule has 1 fully saturated rings. The fourth-order valence-corrected chi connectivity index (χ4v) is 1.98. The van der Waals surface area contributed by atoms with Crippen molar-refractivity contribution in [3.8, 4) is 0 Å². The average molecular weight is 246 g/mol. The van der Waals surface area contributed by atoms with Crippen molar-refractivity contribution in [3.05, 3.63) is 16.3 Å². The Balaban J connectivity index is 1.88. The summed E-state index contributed by atoms with van der Waals surface area (Å²) in [6.07, 6.45) is 1.48. The number of nitrogens with zero attached hydrogens (tertiary/aromatic N) is 6. The highest BCUT2D eigenvalue weighted by Crippen LogP contribution is 2.25. The lowest BCUT2D eigenvalue weighted by Gasteiger charge is -2.30. The average Bonchev–Trinajstić information content (AvgIpc) is 2.83. The summed E-state index contributed by atoms with van der Waals surface area (Å²) in [6, 6.07) is 0. The van der Waals surface area contributed by atoms with Gasteiger partial charge in [-0.25, -0.2) is 4.98 Å². The highest BCUT2D eigenvalue weighted by Gasteiger charge is 2.26. The van der Waals surface area contributed by atoms with Crippen molar-refractivity contribution in [1.29, 1.82) is 0 Å². The third-order valence-electron chi connectivity index (χ3n) is 2.92. The van der Waals surface area contributed by atoms with Crippen LogP contribution in [0.5, 0.6) is 0 Å². The van der Waals surface area contributed by atoms with Gasteiger partial charge in [0, 0.05) is 23.9 Å². The van der Waals surface area contributed by atoms with Crippen LogP contribution < -0.4 is 5.72 Å². The van der Waals surface area contributed by atoms with E-state index >= 15 is 0 Å². The molecule has 0 bridgehead atoms. The fraction of sp³-hybridized carbons (Fsp3) is 0.667. The molecule has 0 saturated carbocycles. The Morgan fingerprint density at radius 2 is 2.33 bits per heavy atom. The number of likely N-dealkylation sites (tertiary alicyclic amines) is 1. The zero-order chi connectivity index (χ0) is 13.0. The summed E-state index contributed by atoms with van der Waals surface area (Å²) in [4.78, 5) is 19.8. The van der Waals surface area contributed by atoms with Crippen LogP contribution in [0.3, 0.4) is 0 Å². The number of piperidine rings is 1. The summed E-state index contributed by atoms with van der Waals surface area (Å²) in [5.41, 5.74) is 8.29. The van der Waals surface area contributed by atoms with Crippen LogP contribution in [0.15, 0.2) is 9.64 Å². The third kappa shape index (κ3) is 2.81. The van der Waals surface area contributed by atoms with Gasteiger partial charge in [0.2, 0.25) is 11.8 Å². The summed E-state index contributed by atoms with van der Waals surface area (Å²) >= 11 is 0. The molecule has 0 spiro atoms. The van der Waals surface area contributed by atoms with Gasteiger partial charge in [-0.1, -0.05) is 10.3 Å². The molecule has 8 nitrogen and oxygen atoms in total. The van der Waals surface area contributed by atoms with Crippen molar-refractivity contribution in [2.75, 3.05) is 19.6 Å². The van der Waals surface area contributed by atoms with E-state index < -0.39 is 0 Å². The van der Waals surface area contributed by atoms with Gasteiger partial charge in [-0.2, -0.15) is 0 Å². The van der Waals surface area contributed by atoms with Gasteiger partial charge >= 0.3 is 0 Å². The maximum Gasteiger partial charge on any atom is 0.228 e. The minimum atomic E-state index is -0.156. The van der Waals surface area contributed by atoms with E-state index in [1.807, 2.05) is 0 Å². The summed E-state index contributed by atoms with van der Waals surface area (Å²) < 4.78 is 5.01. The van der Waals surface area contributed by atoms with Gasteiger partial charge in [-0.3, -0.25) is 4.79 Å². The maximum atomic E-state index is 11.6. The van der Waals surface area contributed by atoms with Gasteiger partial charge < -0.3 is 9.42 Å². The van der Waals surface area contributed by atoms with E-state index in [1.165, 1.54) is 0 Å². The molecule has 1 saturated heterocycles. The topological polar surface area (TPSA) is 108 Å². The van der Waals surface area contributed by atoms with E-state index in [-0.39, 0.29) is 24.1 Å². The number of rotatable bonds is 3. The number of carbonyl (C=O) groups excluding carboxylic acids is 1. The van der Waals surface area contributed by atoms with E-state index in [4.69, 9.17) is 17.9 Å². The van der Waals surface area contributed by atoms with Crippen molar-refractivity contribution in [3.63, 3.8) is 0 Å². The molecule has 18 heavy (non-hydrogen) atoms. The van der Waals surface area contributed by atoms with Gasteiger partial charge in [0.15, 0.2) is 7.85 Å². The second-order valence-electron chi connectivity index (χ2n) is 4.03. The molecular weight excluding hydrogens is 235 g/mol. The SMILES string of the molecule is [B]c1noc(C2CCN(C(=O)CN=[N+]=[N-])CC2)n1. The van der Waals surface area contributed by atoms with Crippen molar-refractivity contribution >= 4 is 19.5 Å². The van der Waals surface area contributed by atoms with E-state index in [1.54, 1.807) is 4.90 Å². The zero-order valence-electron chi connectivity index (χ0n) is 9.69. The minimum absolute atomic E-state index is 0.130. The number of amides is 1. The normalized spacial score (nSPS) is 16.3. The van der Waals surface area contributed by atoms with Crippen molar-refractivity contribution in [2.45, 2.75) is 18.8 Å². The number of azide groups is 1. The molecule has 2 rings (SSSR count). The summed E-state index contributed by atoms with van der Waals surface area (Å²) in [5, 5.41) is 6.80. The number of aromatic nitrogens is 2. The molecule has 2 heterocycles. The molecule has 1 aliphatic rings. The monoisotopic (exact) mass is 246 g/mol. The van der Waals surface area contributed by atoms with Gasteiger partial charge in [0.05, 0.1) is 0 Å². The van der Waals surface area contributed by atoms with E-state index in [0.29, 0.717) is 19.0 Å². The molecule has 0 atom stereocenters. The quantitative estimate of drug-likeness (QED) is 0.320. The predicted octanol–water partition coefficient (Wildman–Crippen LogP) is -0.120. The first-order valence-electron chi connectivity index (χ1n) is 5.58. The Morgan fingerprint density at radius 1 is 1.61 bits per heavy atom. The Morgan fingerprint density at radius 3 is 2.89 bits per heavy atom. The minimum Gasteiger partial charge on any atom is -0.343 e. The largest absolute Gasteiger partial charge is 0.343 e. The molecule has 0 aromatic carbocycles. The van der Waals surface area contributed by atoms with Crippen LogP contribution in [0.25, 0.3) is 10.4 Å². The van der Waals surface area contributed by atoms with E-state index in [2.05, 4.69) is 20.2 Å². The first kappa shape index (κ1) is 12.4. The molecule has 1 aliphatic heterocycles. The lowest BCUT2D eigenvalue weighted by atomic mass is 9.96. The van der Waals surface area contributed by atoms with Crippen LogP contribution in [-0.2, 0) is 4.79 Å². The smallest absolute Gasteiger partial charge is 0.228 e. The third-order valence-corrected chi connectivity index (χ3v) is 2.92. The van der Waals surface area contributed by atoms with Crippen LogP contribution >= 0.6 is 0 Å². The van der Waals surface area contributed by atoms with Crippen LogP contribution in [0.1, 0.15) is 24.7 Å². The second kappa shape index (κ2) is 5.55. The Hall–Kier alpha value is -2.02. The highest BCUT2D eigenvalue weighted by molar-refractivity contribution is 6.28. The molecule has 2 radical (unpaired) electrons. The Kier molecular flexibility index (Phi) is 3.83. The standard InChI is InChI=1S/C9H11BN6O2/c10-9-13-8(18-14-9)6-1-3-16(4-2-6)7(17)5-12-15-11/h6H,1-5H2. The van der Waals surface area contributed by atoms with Crippen LogP contribution in [-0.4, -0.2) is 48.4 Å². The van der Waals surface area contributed by atoms with Crippen LogP contribution in [0.4, 0.5) is 0 Å². The first-order chi connectivity index (χ1) is 8.70. The Labute approximate surface area is 104 Å². The van der Waals surface area contributed by atoms with E-state index in [0.717, 1.165) is 12.8 Å². The van der Waals surface area contributed by atoms with E-state index in [9.17, 15) is 4.79 Å². The fourth-order valence-electron chi connectivity index (χ4n) is 1.98. The molecule has 0 N–H and O–H groups in total. The second-order valence-corrected chi connectivity index (χ2v) is 4.03. The van der Waals surface area contributed by atoms with Crippen LogP contribution in [0.2, 0.25) is 0 Å².